The molecule has 280 valence electrons. The first-order valence-corrected chi connectivity index (χ1v) is 18.0. The van der Waals surface area contributed by atoms with Gasteiger partial charge >= 0.3 is 23.9 Å². The molecule has 51 heavy (non-hydrogen) atoms. The maximum absolute atomic E-state index is 12.6. The Kier molecular flexibility index (Phi) is 17.3. The zero-order chi connectivity index (χ0) is 38.4. The van der Waals surface area contributed by atoms with Crippen LogP contribution in [0.1, 0.15) is 115 Å². The normalized spacial score (nSPS) is 22.6. The number of carbonyl (C=O) groups is 4. The van der Waals surface area contributed by atoms with E-state index in [0.29, 0.717) is 46.5 Å². The average molecular weight is 707 g/mol. The van der Waals surface area contributed by atoms with Crippen LogP contribution in [-0.4, -0.2) is 46.3 Å². The van der Waals surface area contributed by atoms with E-state index in [4.69, 9.17) is 19.3 Å². The predicted molar refractivity (Wildman–Crippen MR) is 199 cm³/mol. The first-order chi connectivity index (χ1) is 23.9. The number of aromatic carboxylic acids is 1. The highest BCUT2D eigenvalue weighted by Crippen LogP contribution is 2.36. The topological polar surface area (TPSA) is 136 Å². The second-order valence-corrected chi connectivity index (χ2v) is 14.9. The maximum Gasteiger partial charge on any atom is 0.338 e. The van der Waals surface area contributed by atoms with Crippen molar-refractivity contribution < 1.29 is 43.6 Å². The van der Waals surface area contributed by atoms with Crippen LogP contribution in [0.5, 0.6) is 11.5 Å². The summed E-state index contributed by atoms with van der Waals surface area (Å²) in [6.45, 7) is 23.3. The molecule has 2 N–H and O–H groups in total. The zero-order valence-electron chi connectivity index (χ0n) is 31.6. The van der Waals surface area contributed by atoms with Crippen molar-refractivity contribution in [2.24, 2.45) is 35.5 Å². The Hall–Kier alpha value is -4.24. The largest absolute Gasteiger partial charge is 0.478 e. The van der Waals surface area contributed by atoms with Crippen molar-refractivity contribution in [3.63, 3.8) is 0 Å². The number of aliphatic hydroxyl groups excluding tert-OH is 1. The van der Waals surface area contributed by atoms with Gasteiger partial charge in [0.2, 0.25) is 0 Å². The molecule has 2 aromatic carbocycles. The second kappa shape index (κ2) is 20.6. The van der Waals surface area contributed by atoms with E-state index in [1.807, 2.05) is 0 Å². The third-order valence-electron chi connectivity index (χ3n) is 9.48. The highest BCUT2D eigenvalue weighted by Gasteiger charge is 2.34. The van der Waals surface area contributed by atoms with E-state index in [1.54, 1.807) is 31.2 Å². The molecular weight excluding hydrogens is 648 g/mol. The molecule has 2 aromatic rings. The van der Waals surface area contributed by atoms with Gasteiger partial charge in [0, 0.05) is 11.1 Å². The van der Waals surface area contributed by atoms with Gasteiger partial charge in [0.05, 0.1) is 17.2 Å². The van der Waals surface area contributed by atoms with Gasteiger partial charge in [-0.25, -0.2) is 19.2 Å². The highest BCUT2D eigenvalue weighted by atomic mass is 16.5. The van der Waals surface area contributed by atoms with Crippen LogP contribution in [0.2, 0.25) is 0 Å². The first kappa shape index (κ1) is 42.9. The lowest BCUT2D eigenvalue weighted by molar-refractivity contribution is -0.130. The molecule has 0 radical (unpaired) electrons. The van der Waals surface area contributed by atoms with Gasteiger partial charge in [-0.2, -0.15) is 0 Å². The number of carboxylic acid groups (broad SMARTS) is 1. The van der Waals surface area contributed by atoms with Crippen LogP contribution in [0.4, 0.5) is 0 Å². The number of aliphatic hydroxyl groups is 1. The lowest BCUT2D eigenvalue weighted by Crippen LogP contribution is -2.35. The Morgan fingerprint density at radius 2 is 1.16 bits per heavy atom. The lowest BCUT2D eigenvalue weighted by atomic mass is 9.75. The fourth-order valence-corrected chi connectivity index (χ4v) is 6.38. The molecule has 2 saturated carbocycles. The molecule has 0 spiro atoms. The molecule has 0 aromatic heterocycles. The standard InChI is InChI=1S/C21H28O4.C11H10O4.C10H20O/c1-13(2)18-10-9-15(5)11-19(18)25-21(23)16-7-6-8-17(12-16)24-20(22)14(3)4;1-7(2)11(14)15-9-5-3-4-8(6-9)10(12)13;1-7(2)9-5-4-8(3)6-10(9)11/h6-8,12-13,15,18-19H,3,9-11H2,1-2,4-5H3;3-6H,1H2,2H3,(H,12,13);7-11H,4-6H2,1-3H3. The number of benzene rings is 2. The molecule has 2 fully saturated rings. The van der Waals surface area contributed by atoms with Crippen molar-refractivity contribution in [1.29, 1.82) is 0 Å². The number of carboxylic acids is 1. The Balaban J connectivity index is 0.000000293. The molecule has 0 saturated heterocycles. The maximum atomic E-state index is 12.6. The summed E-state index contributed by atoms with van der Waals surface area (Å²) in [5.74, 6) is 1.39. The summed E-state index contributed by atoms with van der Waals surface area (Å²) in [6.07, 6.45) is 6.63. The second-order valence-electron chi connectivity index (χ2n) is 14.9. The van der Waals surface area contributed by atoms with E-state index >= 15 is 0 Å². The van der Waals surface area contributed by atoms with Crippen LogP contribution in [0.15, 0.2) is 72.8 Å². The Morgan fingerprint density at radius 3 is 1.61 bits per heavy atom. The van der Waals surface area contributed by atoms with Crippen molar-refractivity contribution in [3.8, 4) is 11.5 Å². The molecule has 9 heteroatoms. The van der Waals surface area contributed by atoms with Crippen molar-refractivity contribution in [2.45, 2.75) is 106 Å². The van der Waals surface area contributed by atoms with Gasteiger partial charge in [-0.1, -0.05) is 79.7 Å². The molecule has 4 rings (SSSR count). The zero-order valence-corrected chi connectivity index (χ0v) is 31.6. The van der Waals surface area contributed by atoms with Gasteiger partial charge in [0.25, 0.3) is 0 Å². The summed E-state index contributed by atoms with van der Waals surface area (Å²) in [5, 5.41) is 18.4. The van der Waals surface area contributed by atoms with Crippen molar-refractivity contribution >= 4 is 23.9 Å². The van der Waals surface area contributed by atoms with E-state index < -0.39 is 17.9 Å². The summed E-state index contributed by atoms with van der Waals surface area (Å²) in [7, 11) is 0. The molecule has 9 nitrogen and oxygen atoms in total. The van der Waals surface area contributed by atoms with E-state index in [0.717, 1.165) is 25.2 Å². The van der Waals surface area contributed by atoms with Crippen LogP contribution < -0.4 is 9.47 Å². The Bertz CT molecular complexity index is 1510. The molecule has 0 aliphatic heterocycles. The van der Waals surface area contributed by atoms with Crippen LogP contribution in [-0.2, 0) is 14.3 Å². The van der Waals surface area contributed by atoms with Crippen LogP contribution in [0, 0.1) is 35.5 Å². The van der Waals surface area contributed by atoms with Gasteiger partial charge in [-0.05, 0) is 111 Å². The van der Waals surface area contributed by atoms with Crippen LogP contribution >= 0.6 is 0 Å². The van der Waals surface area contributed by atoms with E-state index in [1.165, 1.54) is 50.5 Å². The predicted octanol–water partition coefficient (Wildman–Crippen LogP) is 9.09. The van der Waals surface area contributed by atoms with Gasteiger partial charge < -0.3 is 24.4 Å². The number of hydrogen-bond donors (Lipinski definition) is 2. The minimum absolute atomic E-state index is 0.0289. The molecular formula is C42H58O9. The summed E-state index contributed by atoms with van der Waals surface area (Å²) in [4.78, 5) is 45.9. The molecule has 0 heterocycles. The van der Waals surface area contributed by atoms with Gasteiger partial charge in [-0.3, -0.25) is 0 Å². The van der Waals surface area contributed by atoms with E-state index in [-0.39, 0.29) is 35.1 Å². The summed E-state index contributed by atoms with van der Waals surface area (Å²) >= 11 is 0. The lowest BCUT2D eigenvalue weighted by Gasteiger charge is -2.36. The molecule has 6 atom stereocenters. The molecule has 0 amide bonds. The highest BCUT2D eigenvalue weighted by molar-refractivity contribution is 5.92. The van der Waals surface area contributed by atoms with Crippen molar-refractivity contribution in [2.75, 3.05) is 0 Å². The number of hydrogen-bond acceptors (Lipinski definition) is 8. The smallest absolute Gasteiger partial charge is 0.338 e. The molecule has 2 aliphatic carbocycles. The fraction of sp³-hybridized carbons (Fsp3) is 0.524. The van der Waals surface area contributed by atoms with E-state index in [2.05, 4.69) is 54.7 Å². The number of esters is 3. The van der Waals surface area contributed by atoms with E-state index in [9.17, 15) is 24.3 Å². The Morgan fingerprint density at radius 1 is 0.706 bits per heavy atom. The van der Waals surface area contributed by atoms with Gasteiger partial charge in [0.1, 0.15) is 17.6 Å². The summed E-state index contributed by atoms with van der Waals surface area (Å²) in [5.41, 5.74) is 1.04. The Labute approximate surface area is 304 Å². The van der Waals surface area contributed by atoms with Crippen molar-refractivity contribution in [1.82, 2.24) is 0 Å². The monoisotopic (exact) mass is 706 g/mol. The van der Waals surface area contributed by atoms with Crippen LogP contribution in [0.3, 0.4) is 0 Å². The van der Waals surface area contributed by atoms with Crippen LogP contribution in [0.25, 0.3) is 0 Å². The third-order valence-corrected chi connectivity index (χ3v) is 9.48. The molecule has 0 bridgehead atoms. The number of ether oxygens (including phenoxy) is 3. The molecule has 6 unspecified atom stereocenters. The third kappa shape index (κ3) is 14.5. The quantitative estimate of drug-likeness (QED) is 0.149. The number of rotatable bonds is 9. The molecule has 2 aliphatic rings. The summed E-state index contributed by atoms with van der Waals surface area (Å²) < 4.78 is 15.9. The van der Waals surface area contributed by atoms with Gasteiger partial charge in [-0.15, -0.1) is 0 Å². The fourth-order valence-electron chi connectivity index (χ4n) is 6.38. The van der Waals surface area contributed by atoms with Crippen molar-refractivity contribution in [3.05, 3.63) is 84.0 Å². The average Bonchev–Trinajstić information content (AvgIpc) is 3.05. The minimum Gasteiger partial charge on any atom is -0.478 e. The van der Waals surface area contributed by atoms with Gasteiger partial charge in [0.15, 0.2) is 0 Å². The number of carbonyl (C=O) groups excluding carboxylic acids is 3. The first-order valence-electron chi connectivity index (χ1n) is 18.0. The minimum atomic E-state index is -1.07. The summed E-state index contributed by atoms with van der Waals surface area (Å²) in [6, 6.07) is 12.2. The SMILES string of the molecule is C=C(C)C(=O)Oc1cccc(C(=O)O)c1.C=C(C)C(=O)Oc1cccc(C(=O)OC2CC(C)CCC2C(C)C)c1.CC1CCC(C(C)C)C(O)C1.